The Hall–Kier alpha value is -2.73. The molecule has 1 saturated heterocycles. The molecule has 0 radical (unpaired) electrons. The van der Waals surface area contributed by atoms with Crippen molar-refractivity contribution in [3.8, 4) is 0 Å². The van der Waals surface area contributed by atoms with Crippen LogP contribution < -0.4 is 0 Å². The lowest BCUT2D eigenvalue weighted by molar-refractivity contribution is 0.0554. The SMILES string of the molecule is Cc1cnc2c(C(=O)N3CCN([C@H]4CCc5ccccc5C4)CC3)cnn2c1. The third kappa shape index (κ3) is 3.07. The number of aryl methyl sites for hydroxylation is 2. The summed E-state index contributed by atoms with van der Waals surface area (Å²) in [6.45, 7) is 5.37. The molecular formula is C22H25N5O. The minimum atomic E-state index is 0.0417. The lowest BCUT2D eigenvalue weighted by Gasteiger charge is -2.41. The number of aromatic nitrogens is 3. The summed E-state index contributed by atoms with van der Waals surface area (Å²) in [6, 6.07) is 9.40. The average molecular weight is 375 g/mol. The van der Waals surface area contributed by atoms with Crippen molar-refractivity contribution in [3.05, 3.63) is 65.1 Å². The van der Waals surface area contributed by atoms with Crippen LogP contribution in [0, 0.1) is 6.92 Å². The summed E-state index contributed by atoms with van der Waals surface area (Å²) in [6.07, 6.45) is 8.83. The first-order chi connectivity index (χ1) is 13.7. The van der Waals surface area contributed by atoms with Gasteiger partial charge in [-0.1, -0.05) is 24.3 Å². The summed E-state index contributed by atoms with van der Waals surface area (Å²) in [7, 11) is 0. The molecule has 28 heavy (non-hydrogen) atoms. The molecule has 0 N–H and O–H groups in total. The summed E-state index contributed by atoms with van der Waals surface area (Å²) in [5.41, 5.74) is 5.26. The van der Waals surface area contributed by atoms with Gasteiger partial charge in [-0.05, 0) is 42.9 Å². The lowest BCUT2D eigenvalue weighted by Crippen LogP contribution is -2.53. The summed E-state index contributed by atoms with van der Waals surface area (Å²) in [5.74, 6) is 0.0417. The first-order valence-corrected chi connectivity index (χ1v) is 10.1. The number of carbonyl (C=O) groups is 1. The Balaban J connectivity index is 1.25. The monoisotopic (exact) mass is 375 g/mol. The maximum Gasteiger partial charge on any atom is 0.259 e. The highest BCUT2D eigenvalue weighted by Crippen LogP contribution is 2.25. The molecule has 2 aliphatic rings. The molecule has 144 valence electrons. The number of fused-ring (bicyclic) bond motifs is 2. The van der Waals surface area contributed by atoms with E-state index in [2.05, 4.69) is 39.2 Å². The van der Waals surface area contributed by atoms with Crippen molar-refractivity contribution in [1.29, 1.82) is 0 Å². The van der Waals surface area contributed by atoms with Crippen LogP contribution in [-0.2, 0) is 12.8 Å². The van der Waals surface area contributed by atoms with E-state index in [1.807, 2.05) is 18.0 Å². The minimum absolute atomic E-state index is 0.0417. The standard InChI is InChI=1S/C22H25N5O/c1-16-13-23-21-20(14-24-27(21)15-16)22(28)26-10-8-25(9-11-26)19-7-6-17-4-2-3-5-18(17)12-19/h2-5,13-15,19H,6-12H2,1H3/t19-/m0/s1. The highest BCUT2D eigenvalue weighted by molar-refractivity contribution is 5.99. The molecule has 1 fully saturated rings. The van der Waals surface area contributed by atoms with Gasteiger partial charge in [0.05, 0.1) is 6.20 Å². The van der Waals surface area contributed by atoms with Crippen molar-refractivity contribution in [1.82, 2.24) is 24.4 Å². The lowest BCUT2D eigenvalue weighted by atomic mass is 9.87. The van der Waals surface area contributed by atoms with Gasteiger partial charge in [0.25, 0.3) is 5.91 Å². The second-order valence-electron chi connectivity index (χ2n) is 7.95. The van der Waals surface area contributed by atoms with Crippen LogP contribution in [0.15, 0.2) is 42.9 Å². The number of hydrogen-bond donors (Lipinski definition) is 0. The molecule has 1 aromatic carbocycles. The first kappa shape index (κ1) is 17.4. The highest BCUT2D eigenvalue weighted by Gasteiger charge is 2.30. The van der Waals surface area contributed by atoms with Crippen LogP contribution in [0.2, 0.25) is 0 Å². The molecule has 6 nitrogen and oxygen atoms in total. The van der Waals surface area contributed by atoms with Gasteiger partial charge in [0.15, 0.2) is 5.65 Å². The Bertz CT molecular complexity index is 1020. The van der Waals surface area contributed by atoms with Crippen LogP contribution in [0.1, 0.15) is 33.5 Å². The first-order valence-electron chi connectivity index (χ1n) is 10.1. The molecule has 1 amide bonds. The Morgan fingerprint density at radius 2 is 1.86 bits per heavy atom. The van der Waals surface area contributed by atoms with E-state index in [-0.39, 0.29) is 5.91 Å². The van der Waals surface area contributed by atoms with E-state index in [0.717, 1.165) is 44.6 Å². The number of carbonyl (C=O) groups excluding carboxylic acids is 1. The quantitative estimate of drug-likeness (QED) is 0.690. The maximum absolute atomic E-state index is 13.0. The zero-order valence-electron chi connectivity index (χ0n) is 16.2. The van der Waals surface area contributed by atoms with Gasteiger partial charge in [-0.3, -0.25) is 9.69 Å². The highest BCUT2D eigenvalue weighted by atomic mass is 16.2. The van der Waals surface area contributed by atoms with Gasteiger partial charge in [-0.15, -0.1) is 0 Å². The number of hydrogen-bond acceptors (Lipinski definition) is 4. The zero-order valence-corrected chi connectivity index (χ0v) is 16.2. The van der Waals surface area contributed by atoms with Crippen molar-refractivity contribution in [3.63, 3.8) is 0 Å². The van der Waals surface area contributed by atoms with Gasteiger partial charge >= 0.3 is 0 Å². The third-order valence-corrected chi connectivity index (χ3v) is 6.15. The molecule has 0 bridgehead atoms. The second kappa shape index (κ2) is 7.02. The molecule has 2 aromatic heterocycles. The molecule has 0 saturated carbocycles. The summed E-state index contributed by atoms with van der Waals surface area (Å²) >= 11 is 0. The summed E-state index contributed by atoms with van der Waals surface area (Å²) in [5, 5.41) is 4.30. The van der Waals surface area contributed by atoms with Gasteiger partial charge in [0, 0.05) is 44.6 Å². The van der Waals surface area contributed by atoms with E-state index in [9.17, 15) is 4.79 Å². The fraction of sp³-hybridized carbons (Fsp3) is 0.409. The fourth-order valence-corrected chi connectivity index (χ4v) is 4.57. The molecule has 0 unspecified atom stereocenters. The van der Waals surface area contributed by atoms with Crippen molar-refractivity contribution in [2.75, 3.05) is 26.2 Å². The summed E-state index contributed by atoms with van der Waals surface area (Å²) in [4.78, 5) is 21.9. The van der Waals surface area contributed by atoms with E-state index < -0.39 is 0 Å². The Morgan fingerprint density at radius 3 is 2.68 bits per heavy atom. The van der Waals surface area contributed by atoms with Crippen molar-refractivity contribution in [2.24, 2.45) is 0 Å². The largest absolute Gasteiger partial charge is 0.336 e. The fourth-order valence-electron chi connectivity index (χ4n) is 4.57. The number of rotatable bonds is 2. The van der Waals surface area contributed by atoms with Gasteiger partial charge in [0.1, 0.15) is 5.56 Å². The van der Waals surface area contributed by atoms with Crippen molar-refractivity contribution >= 4 is 11.6 Å². The maximum atomic E-state index is 13.0. The van der Waals surface area contributed by atoms with Gasteiger partial charge in [0.2, 0.25) is 0 Å². The average Bonchev–Trinajstić information content (AvgIpc) is 3.16. The predicted molar refractivity (Wildman–Crippen MR) is 107 cm³/mol. The van der Waals surface area contributed by atoms with E-state index in [1.54, 1.807) is 16.9 Å². The van der Waals surface area contributed by atoms with Crippen LogP contribution in [-0.4, -0.2) is 62.5 Å². The normalized spacial score (nSPS) is 20.3. The second-order valence-corrected chi connectivity index (χ2v) is 7.95. The van der Waals surface area contributed by atoms with Crippen LogP contribution >= 0.6 is 0 Å². The molecule has 1 aliphatic heterocycles. The summed E-state index contributed by atoms with van der Waals surface area (Å²) < 4.78 is 1.69. The molecule has 0 spiro atoms. The smallest absolute Gasteiger partial charge is 0.259 e. The number of piperazine rings is 1. The molecule has 3 aromatic rings. The molecule has 5 rings (SSSR count). The molecule has 1 aliphatic carbocycles. The molecule has 3 heterocycles. The minimum Gasteiger partial charge on any atom is -0.336 e. The molecule has 1 atom stereocenters. The Kier molecular flexibility index (Phi) is 4.36. The Morgan fingerprint density at radius 1 is 1.07 bits per heavy atom. The van der Waals surface area contributed by atoms with Crippen LogP contribution in [0.3, 0.4) is 0 Å². The van der Waals surface area contributed by atoms with E-state index in [1.165, 1.54) is 17.5 Å². The van der Waals surface area contributed by atoms with Gasteiger partial charge < -0.3 is 4.90 Å². The zero-order chi connectivity index (χ0) is 19.1. The van der Waals surface area contributed by atoms with Crippen LogP contribution in [0.4, 0.5) is 0 Å². The Labute approximate surface area is 164 Å². The molecule has 6 heteroatoms. The number of amides is 1. The van der Waals surface area contributed by atoms with Crippen molar-refractivity contribution < 1.29 is 4.79 Å². The van der Waals surface area contributed by atoms with Gasteiger partial charge in [-0.2, -0.15) is 5.10 Å². The van der Waals surface area contributed by atoms with Gasteiger partial charge in [-0.25, -0.2) is 9.50 Å². The topological polar surface area (TPSA) is 53.7 Å². The predicted octanol–water partition coefficient (Wildman–Crippen LogP) is 2.35. The molecular weight excluding hydrogens is 350 g/mol. The van der Waals surface area contributed by atoms with E-state index in [0.29, 0.717) is 17.3 Å². The van der Waals surface area contributed by atoms with Crippen LogP contribution in [0.25, 0.3) is 5.65 Å². The van der Waals surface area contributed by atoms with E-state index in [4.69, 9.17) is 0 Å². The third-order valence-electron chi connectivity index (χ3n) is 6.15. The number of nitrogens with zero attached hydrogens (tertiary/aromatic N) is 5. The van der Waals surface area contributed by atoms with E-state index >= 15 is 0 Å². The van der Waals surface area contributed by atoms with Crippen LogP contribution in [0.5, 0.6) is 0 Å². The number of benzene rings is 1. The van der Waals surface area contributed by atoms with Crippen molar-refractivity contribution in [2.45, 2.75) is 32.2 Å².